The third-order valence-corrected chi connectivity index (χ3v) is 8.77. The van der Waals surface area contributed by atoms with Gasteiger partial charge in [0.05, 0.1) is 16.9 Å². The number of rotatable bonds is 6. The molecule has 4 rings (SSSR count). The second-order valence-corrected chi connectivity index (χ2v) is 11.3. The first-order valence-corrected chi connectivity index (χ1v) is 13.5. The second kappa shape index (κ2) is 10.3. The monoisotopic (exact) mass is 469 g/mol. The molecule has 2 atom stereocenters. The Hall–Kier alpha value is -2.38. The lowest BCUT2D eigenvalue weighted by atomic mass is 9.97. The van der Waals surface area contributed by atoms with Crippen molar-refractivity contribution >= 4 is 21.6 Å². The third-order valence-electron chi connectivity index (χ3n) is 6.89. The normalized spacial score (nSPS) is 20.9. The van der Waals surface area contributed by atoms with E-state index in [-0.39, 0.29) is 29.3 Å². The summed E-state index contributed by atoms with van der Waals surface area (Å²) in [5.74, 6) is -0.416. The molecule has 2 fully saturated rings. The molecule has 178 valence electrons. The number of amides is 1. The van der Waals surface area contributed by atoms with Gasteiger partial charge in [0.25, 0.3) is 0 Å². The van der Waals surface area contributed by atoms with Crippen molar-refractivity contribution < 1.29 is 13.2 Å². The summed E-state index contributed by atoms with van der Waals surface area (Å²) in [5.41, 5.74) is 3.31. The van der Waals surface area contributed by atoms with E-state index in [9.17, 15) is 13.2 Å². The molecule has 6 nitrogen and oxygen atoms in total. The van der Waals surface area contributed by atoms with Crippen molar-refractivity contribution in [1.29, 1.82) is 0 Å². The van der Waals surface area contributed by atoms with Crippen LogP contribution in [-0.4, -0.2) is 44.8 Å². The molecule has 1 N–H and O–H groups in total. The predicted molar refractivity (Wildman–Crippen MR) is 132 cm³/mol. The summed E-state index contributed by atoms with van der Waals surface area (Å²) >= 11 is 0. The van der Waals surface area contributed by atoms with E-state index in [2.05, 4.69) is 34.5 Å². The van der Waals surface area contributed by atoms with Crippen molar-refractivity contribution in [1.82, 2.24) is 9.62 Å². The number of benzene rings is 2. The molecule has 0 radical (unpaired) electrons. The van der Waals surface area contributed by atoms with Crippen molar-refractivity contribution in [3.63, 3.8) is 0 Å². The van der Waals surface area contributed by atoms with Crippen LogP contribution in [0.4, 0.5) is 5.69 Å². The maximum absolute atomic E-state index is 13.1. The van der Waals surface area contributed by atoms with E-state index >= 15 is 0 Å². The summed E-state index contributed by atoms with van der Waals surface area (Å²) < 4.78 is 27.6. The Balaban J connectivity index is 1.37. The van der Waals surface area contributed by atoms with Crippen LogP contribution in [-0.2, 0) is 14.8 Å². The molecule has 2 aliphatic rings. The molecule has 33 heavy (non-hydrogen) atoms. The third kappa shape index (κ3) is 5.58. The van der Waals surface area contributed by atoms with E-state index in [4.69, 9.17) is 0 Å². The van der Waals surface area contributed by atoms with Crippen LogP contribution in [0.1, 0.15) is 56.2 Å². The Bertz CT molecular complexity index is 1050. The topological polar surface area (TPSA) is 69.7 Å². The van der Waals surface area contributed by atoms with Crippen LogP contribution >= 0.6 is 0 Å². The standard InChI is InChI=1S/C26H35N3O3S/c1-20-8-14-25(15-9-20)33(31,32)29-18-6-7-23(19-29)26(30)27-21(2)22-10-12-24(13-11-22)28-16-4-3-5-17-28/h8-15,21,23H,3-7,16-19H2,1-2H3,(H,27,30)/t21-,23+/m1/s1. The summed E-state index contributed by atoms with van der Waals surface area (Å²) in [6.07, 6.45) is 5.18. The first kappa shape index (κ1) is 23.8. The maximum atomic E-state index is 13.1. The van der Waals surface area contributed by atoms with Crippen molar-refractivity contribution in [2.24, 2.45) is 5.92 Å². The minimum absolute atomic E-state index is 0.0774. The zero-order valence-corrected chi connectivity index (χ0v) is 20.5. The summed E-state index contributed by atoms with van der Waals surface area (Å²) in [4.78, 5) is 15.7. The lowest BCUT2D eigenvalue weighted by molar-refractivity contribution is -0.126. The molecule has 0 bridgehead atoms. The highest BCUT2D eigenvalue weighted by molar-refractivity contribution is 7.89. The molecule has 0 spiro atoms. The lowest BCUT2D eigenvalue weighted by Crippen LogP contribution is -2.45. The molecule has 2 heterocycles. The van der Waals surface area contributed by atoms with Crippen molar-refractivity contribution in [3.05, 3.63) is 59.7 Å². The minimum atomic E-state index is -3.59. The van der Waals surface area contributed by atoms with Gasteiger partial charge in [-0.25, -0.2) is 8.42 Å². The van der Waals surface area contributed by atoms with Crippen molar-refractivity contribution in [2.45, 2.75) is 56.9 Å². The summed E-state index contributed by atoms with van der Waals surface area (Å²) in [5, 5.41) is 3.11. The van der Waals surface area contributed by atoms with Gasteiger partial charge in [-0.1, -0.05) is 29.8 Å². The first-order chi connectivity index (χ1) is 15.8. The van der Waals surface area contributed by atoms with Gasteiger partial charge in [0.1, 0.15) is 0 Å². The largest absolute Gasteiger partial charge is 0.372 e. The van der Waals surface area contributed by atoms with Gasteiger partial charge < -0.3 is 10.2 Å². The second-order valence-electron chi connectivity index (χ2n) is 9.38. The van der Waals surface area contributed by atoms with Crippen LogP contribution in [0, 0.1) is 12.8 Å². The molecule has 0 aromatic heterocycles. The number of sulfonamides is 1. The van der Waals surface area contributed by atoms with E-state index in [1.807, 2.05) is 13.8 Å². The molecule has 0 unspecified atom stereocenters. The highest BCUT2D eigenvalue weighted by Crippen LogP contribution is 2.26. The Morgan fingerprint density at radius 3 is 2.27 bits per heavy atom. The van der Waals surface area contributed by atoms with Crippen molar-refractivity contribution in [3.8, 4) is 0 Å². The molecule has 2 saturated heterocycles. The van der Waals surface area contributed by atoms with Gasteiger partial charge in [0.15, 0.2) is 0 Å². The van der Waals surface area contributed by atoms with Gasteiger partial charge in [0, 0.05) is 31.9 Å². The maximum Gasteiger partial charge on any atom is 0.243 e. The zero-order valence-electron chi connectivity index (χ0n) is 19.7. The fourth-order valence-electron chi connectivity index (χ4n) is 4.77. The van der Waals surface area contributed by atoms with E-state index in [0.29, 0.717) is 19.4 Å². The Morgan fingerprint density at radius 1 is 0.939 bits per heavy atom. The number of nitrogens with one attached hydrogen (secondary N) is 1. The highest BCUT2D eigenvalue weighted by atomic mass is 32.2. The average Bonchev–Trinajstić information content (AvgIpc) is 2.85. The molecular formula is C26H35N3O3S. The lowest BCUT2D eigenvalue weighted by Gasteiger charge is -2.32. The van der Waals surface area contributed by atoms with Gasteiger partial charge in [-0.3, -0.25) is 4.79 Å². The molecule has 7 heteroatoms. The number of carbonyl (C=O) groups excluding carboxylic acids is 1. The van der Waals surface area contributed by atoms with Crippen LogP contribution in [0.15, 0.2) is 53.4 Å². The Morgan fingerprint density at radius 2 is 1.61 bits per heavy atom. The van der Waals surface area contributed by atoms with Gasteiger partial charge in [0.2, 0.25) is 15.9 Å². The number of hydrogen-bond donors (Lipinski definition) is 1. The number of piperidine rings is 2. The molecule has 2 aliphatic heterocycles. The summed E-state index contributed by atoms with van der Waals surface area (Å²) in [6.45, 7) is 6.80. The van der Waals surface area contributed by atoms with E-state index in [1.165, 1.54) is 29.3 Å². The molecule has 1 amide bonds. The fourth-order valence-corrected chi connectivity index (χ4v) is 6.30. The van der Waals surface area contributed by atoms with Crippen LogP contribution in [0.2, 0.25) is 0 Å². The average molecular weight is 470 g/mol. The smallest absolute Gasteiger partial charge is 0.243 e. The summed E-state index contributed by atoms with van der Waals surface area (Å²) in [6, 6.07) is 15.2. The summed E-state index contributed by atoms with van der Waals surface area (Å²) in [7, 11) is -3.59. The molecule has 0 saturated carbocycles. The predicted octanol–water partition coefficient (Wildman–Crippen LogP) is 4.26. The van der Waals surface area contributed by atoms with Crippen molar-refractivity contribution in [2.75, 3.05) is 31.1 Å². The quantitative estimate of drug-likeness (QED) is 0.686. The van der Waals surface area contributed by atoms with Gasteiger partial charge in [-0.05, 0) is 75.8 Å². The number of carbonyl (C=O) groups is 1. The van der Waals surface area contributed by atoms with Crippen LogP contribution in [0.3, 0.4) is 0 Å². The molecular weight excluding hydrogens is 434 g/mol. The number of anilines is 1. The van der Waals surface area contributed by atoms with E-state index in [1.54, 1.807) is 24.3 Å². The van der Waals surface area contributed by atoms with Crippen LogP contribution in [0.5, 0.6) is 0 Å². The Labute approximate surface area is 198 Å². The van der Waals surface area contributed by atoms with Crippen LogP contribution < -0.4 is 10.2 Å². The first-order valence-electron chi connectivity index (χ1n) is 12.1. The fraction of sp³-hybridized carbons (Fsp3) is 0.500. The number of hydrogen-bond acceptors (Lipinski definition) is 4. The molecule has 2 aromatic rings. The molecule has 2 aromatic carbocycles. The minimum Gasteiger partial charge on any atom is -0.372 e. The SMILES string of the molecule is Cc1ccc(S(=O)(=O)N2CCC[C@H](C(=O)N[C@H](C)c3ccc(N4CCCCC4)cc3)C2)cc1. The zero-order chi connectivity index (χ0) is 23.4. The highest BCUT2D eigenvalue weighted by Gasteiger charge is 2.33. The molecule has 0 aliphatic carbocycles. The van der Waals surface area contributed by atoms with Gasteiger partial charge in [-0.15, -0.1) is 0 Å². The Kier molecular flexibility index (Phi) is 7.39. The van der Waals surface area contributed by atoms with E-state index in [0.717, 1.165) is 24.2 Å². The number of nitrogens with zero attached hydrogens (tertiary/aromatic N) is 2. The van der Waals surface area contributed by atoms with Gasteiger partial charge >= 0.3 is 0 Å². The number of aryl methyl sites for hydroxylation is 1. The van der Waals surface area contributed by atoms with Crippen LogP contribution in [0.25, 0.3) is 0 Å². The van der Waals surface area contributed by atoms with Gasteiger partial charge in [-0.2, -0.15) is 4.31 Å². The van der Waals surface area contributed by atoms with E-state index < -0.39 is 10.0 Å².